The Morgan fingerprint density at radius 2 is 1.59 bits per heavy atom. The van der Waals surface area contributed by atoms with Gasteiger partial charge in [-0.2, -0.15) is 0 Å². The average Bonchev–Trinajstić information content (AvgIpc) is 2.66. The summed E-state index contributed by atoms with van der Waals surface area (Å²) in [6.07, 6.45) is 4.12. The third kappa shape index (κ3) is 9.51. The smallest absolute Gasteiger partial charge is 0.328 e. The van der Waals surface area contributed by atoms with Crippen molar-refractivity contribution in [1.29, 1.82) is 0 Å². The summed E-state index contributed by atoms with van der Waals surface area (Å²) in [7, 11) is 0. The van der Waals surface area contributed by atoms with E-state index in [1.165, 1.54) is 0 Å². The minimum Gasteiger partial charge on any atom is -0.459 e. The number of esters is 1. The lowest BCUT2D eigenvalue weighted by Crippen LogP contribution is -2.49. The highest BCUT2D eigenvalue weighted by atomic mass is 16.5. The van der Waals surface area contributed by atoms with Crippen molar-refractivity contribution < 1.29 is 14.3 Å². The molecule has 0 saturated carbocycles. The lowest BCUT2D eigenvalue weighted by Gasteiger charge is -2.20. The molecule has 7 nitrogen and oxygen atoms in total. The van der Waals surface area contributed by atoms with Crippen molar-refractivity contribution >= 4 is 11.9 Å². The number of carbonyl (C=O) groups excluding carboxylic acids is 2. The number of unbranched alkanes of at least 4 members (excludes halogenated alkanes) is 2. The molecule has 0 radical (unpaired) electrons. The molecule has 0 saturated heterocycles. The van der Waals surface area contributed by atoms with E-state index < -0.39 is 18.1 Å². The number of nitrogens with one attached hydrogen (secondary N) is 1. The first-order chi connectivity index (χ1) is 13.0. The molecule has 1 aromatic carbocycles. The molecule has 0 aliphatic heterocycles. The van der Waals surface area contributed by atoms with Gasteiger partial charge in [-0.15, -0.1) is 0 Å². The Labute approximate surface area is 162 Å². The number of carbonyl (C=O) groups is 2. The van der Waals surface area contributed by atoms with Gasteiger partial charge in [-0.1, -0.05) is 36.2 Å². The van der Waals surface area contributed by atoms with Gasteiger partial charge in [-0.3, -0.25) is 4.79 Å². The highest BCUT2D eigenvalue weighted by Crippen LogP contribution is 2.09. The van der Waals surface area contributed by atoms with Crippen molar-refractivity contribution in [2.45, 2.75) is 64.1 Å². The first-order valence-corrected chi connectivity index (χ1v) is 9.66. The number of rotatable bonds is 13. The SMILES string of the molecule is Cc1ccc(COC(=O)[C@H](CCCCN)NC(=O)[C@@H](N)CCCCN)cc1. The van der Waals surface area contributed by atoms with Gasteiger partial charge >= 0.3 is 5.97 Å². The maximum atomic E-state index is 12.5. The summed E-state index contributed by atoms with van der Waals surface area (Å²) in [6, 6.07) is 6.39. The minimum absolute atomic E-state index is 0.172. The topological polar surface area (TPSA) is 133 Å². The van der Waals surface area contributed by atoms with Gasteiger partial charge in [0.1, 0.15) is 12.6 Å². The zero-order valence-electron chi connectivity index (χ0n) is 16.3. The van der Waals surface area contributed by atoms with Gasteiger partial charge in [0, 0.05) is 0 Å². The summed E-state index contributed by atoms with van der Waals surface area (Å²) < 4.78 is 5.40. The molecule has 0 unspecified atom stereocenters. The van der Waals surface area contributed by atoms with Crippen molar-refractivity contribution in [2.24, 2.45) is 17.2 Å². The van der Waals surface area contributed by atoms with Gasteiger partial charge in [-0.05, 0) is 57.7 Å². The standard InChI is InChI=1S/C20H34N4O3/c1-15-8-10-16(11-9-15)14-27-20(26)18(7-3-5-13-22)24-19(25)17(23)6-2-4-12-21/h8-11,17-18H,2-7,12-14,21-23H2,1H3,(H,24,25)/t17-,18-/m0/s1. The molecule has 1 amide bonds. The van der Waals surface area contributed by atoms with Crippen molar-refractivity contribution in [1.82, 2.24) is 5.32 Å². The van der Waals surface area contributed by atoms with Crippen LogP contribution in [0.25, 0.3) is 0 Å². The number of amides is 1. The number of benzene rings is 1. The van der Waals surface area contributed by atoms with Gasteiger partial charge < -0.3 is 27.3 Å². The third-order valence-electron chi connectivity index (χ3n) is 4.36. The van der Waals surface area contributed by atoms with E-state index in [1.54, 1.807) is 0 Å². The summed E-state index contributed by atoms with van der Waals surface area (Å²) >= 11 is 0. The Balaban J connectivity index is 2.58. The molecule has 0 aliphatic carbocycles. The molecule has 7 heteroatoms. The first-order valence-electron chi connectivity index (χ1n) is 9.66. The predicted molar refractivity (Wildman–Crippen MR) is 107 cm³/mol. The molecule has 0 bridgehead atoms. The van der Waals surface area contributed by atoms with E-state index in [0.29, 0.717) is 25.9 Å². The largest absolute Gasteiger partial charge is 0.459 e. The summed E-state index contributed by atoms with van der Waals surface area (Å²) in [5, 5.41) is 2.74. The zero-order chi connectivity index (χ0) is 20.1. The fourth-order valence-electron chi connectivity index (χ4n) is 2.60. The van der Waals surface area contributed by atoms with Crippen molar-refractivity contribution in [3.63, 3.8) is 0 Å². The Hall–Kier alpha value is -1.96. The Morgan fingerprint density at radius 3 is 2.19 bits per heavy atom. The monoisotopic (exact) mass is 378 g/mol. The van der Waals surface area contributed by atoms with E-state index in [9.17, 15) is 9.59 Å². The van der Waals surface area contributed by atoms with Gasteiger partial charge in [0.15, 0.2) is 0 Å². The van der Waals surface area contributed by atoms with Gasteiger partial charge in [0.25, 0.3) is 0 Å². The van der Waals surface area contributed by atoms with E-state index in [0.717, 1.165) is 36.8 Å². The van der Waals surface area contributed by atoms with Crippen LogP contribution in [0.15, 0.2) is 24.3 Å². The van der Waals surface area contributed by atoms with Gasteiger partial charge in [0.05, 0.1) is 6.04 Å². The second-order valence-electron chi connectivity index (χ2n) is 6.83. The van der Waals surface area contributed by atoms with Crippen LogP contribution in [0.5, 0.6) is 0 Å². The predicted octanol–water partition coefficient (Wildman–Crippen LogP) is 1.11. The minimum atomic E-state index is -0.713. The molecule has 1 aromatic rings. The molecular formula is C20H34N4O3. The van der Waals surface area contributed by atoms with E-state index in [2.05, 4.69) is 5.32 Å². The van der Waals surface area contributed by atoms with Crippen molar-refractivity contribution in [3.05, 3.63) is 35.4 Å². The van der Waals surface area contributed by atoms with E-state index >= 15 is 0 Å². The molecule has 0 aliphatic rings. The number of aryl methyl sites for hydroxylation is 1. The Bertz CT molecular complexity index is 563. The average molecular weight is 379 g/mol. The Morgan fingerprint density at radius 1 is 1.00 bits per heavy atom. The molecule has 152 valence electrons. The van der Waals surface area contributed by atoms with Crippen LogP contribution < -0.4 is 22.5 Å². The Kier molecular flexibility index (Phi) is 11.3. The van der Waals surface area contributed by atoms with Crippen LogP contribution in [0.4, 0.5) is 0 Å². The molecule has 1 rings (SSSR count). The van der Waals surface area contributed by atoms with Crippen LogP contribution in [0.1, 0.15) is 49.7 Å². The fourth-order valence-corrected chi connectivity index (χ4v) is 2.60. The second kappa shape index (κ2) is 13.2. The fraction of sp³-hybridized carbons (Fsp3) is 0.600. The van der Waals surface area contributed by atoms with Crippen LogP contribution in [0.3, 0.4) is 0 Å². The van der Waals surface area contributed by atoms with Gasteiger partial charge in [0.2, 0.25) is 5.91 Å². The highest BCUT2D eigenvalue weighted by molar-refractivity contribution is 5.87. The van der Waals surface area contributed by atoms with Crippen LogP contribution in [0, 0.1) is 6.92 Å². The number of hydrogen-bond donors (Lipinski definition) is 4. The number of nitrogens with two attached hydrogens (primary N) is 3. The maximum Gasteiger partial charge on any atom is 0.328 e. The molecule has 2 atom stereocenters. The van der Waals surface area contributed by atoms with Crippen molar-refractivity contribution in [3.8, 4) is 0 Å². The molecule has 0 heterocycles. The quantitative estimate of drug-likeness (QED) is 0.300. The molecule has 27 heavy (non-hydrogen) atoms. The summed E-state index contributed by atoms with van der Waals surface area (Å²) in [5.74, 6) is -0.785. The molecule has 7 N–H and O–H groups in total. The van der Waals surface area contributed by atoms with E-state index in [-0.39, 0.29) is 12.5 Å². The summed E-state index contributed by atoms with van der Waals surface area (Å²) in [6.45, 7) is 3.28. The van der Waals surface area contributed by atoms with Gasteiger partial charge in [-0.25, -0.2) is 4.79 Å². The molecule has 0 fully saturated rings. The van der Waals surface area contributed by atoms with Crippen LogP contribution >= 0.6 is 0 Å². The van der Waals surface area contributed by atoms with Crippen molar-refractivity contribution in [2.75, 3.05) is 13.1 Å². The zero-order valence-corrected chi connectivity index (χ0v) is 16.3. The molecule has 0 aromatic heterocycles. The van der Waals surface area contributed by atoms with Crippen LogP contribution in [-0.2, 0) is 20.9 Å². The second-order valence-corrected chi connectivity index (χ2v) is 6.83. The number of hydrogen-bond acceptors (Lipinski definition) is 6. The maximum absolute atomic E-state index is 12.5. The summed E-state index contributed by atoms with van der Waals surface area (Å²) in [5.41, 5.74) is 18.9. The van der Waals surface area contributed by atoms with E-state index in [1.807, 2.05) is 31.2 Å². The number of ether oxygens (including phenoxy) is 1. The molecule has 0 spiro atoms. The van der Waals surface area contributed by atoms with Crippen LogP contribution in [-0.4, -0.2) is 37.0 Å². The highest BCUT2D eigenvalue weighted by Gasteiger charge is 2.24. The first kappa shape index (κ1) is 23.1. The lowest BCUT2D eigenvalue weighted by atomic mass is 10.1. The molecular weight excluding hydrogens is 344 g/mol. The normalized spacial score (nSPS) is 13.0. The third-order valence-corrected chi connectivity index (χ3v) is 4.36. The van der Waals surface area contributed by atoms with Crippen LogP contribution in [0.2, 0.25) is 0 Å². The van der Waals surface area contributed by atoms with E-state index in [4.69, 9.17) is 21.9 Å². The lowest BCUT2D eigenvalue weighted by molar-refractivity contribution is -0.149. The summed E-state index contributed by atoms with van der Waals surface area (Å²) in [4.78, 5) is 24.8.